The van der Waals surface area contributed by atoms with E-state index in [-0.39, 0.29) is 11.7 Å². The third kappa shape index (κ3) is 1.20. The van der Waals surface area contributed by atoms with Crippen LogP contribution >= 0.6 is 0 Å². The van der Waals surface area contributed by atoms with Crippen molar-refractivity contribution in [3.8, 4) is 0 Å². The Bertz CT molecular complexity index is 506. The molecule has 1 aromatic carbocycles. The molecule has 0 fully saturated rings. The Kier molecular flexibility index (Phi) is 1.72. The summed E-state index contributed by atoms with van der Waals surface area (Å²) >= 11 is 0. The number of hydrogen-bond acceptors (Lipinski definition) is 1. The van der Waals surface area contributed by atoms with Gasteiger partial charge in [0.25, 0.3) is 0 Å². The molecule has 0 atom stereocenters. The molecule has 0 saturated carbocycles. The first kappa shape index (κ1) is 8.42. The number of hydrogen-bond donors (Lipinski definition) is 0. The minimum Gasteiger partial charge on any atom is -0.289 e. The maximum Gasteiger partial charge on any atom is 0.190 e. The van der Waals surface area contributed by atoms with E-state index in [0.717, 1.165) is 16.7 Å². The van der Waals surface area contributed by atoms with Crippen molar-refractivity contribution < 1.29 is 4.79 Å². The molecule has 0 N–H and O–H groups in total. The Morgan fingerprint density at radius 3 is 2.47 bits per heavy atom. The fourth-order valence-electron chi connectivity index (χ4n) is 2.11. The van der Waals surface area contributed by atoms with Crippen molar-refractivity contribution in [2.24, 2.45) is 5.92 Å². The van der Waals surface area contributed by atoms with Crippen molar-refractivity contribution in [2.45, 2.75) is 0 Å². The lowest BCUT2D eigenvalue weighted by Crippen LogP contribution is -2.04. The molecule has 0 spiro atoms. The van der Waals surface area contributed by atoms with Crippen LogP contribution in [0.15, 0.2) is 54.1 Å². The topological polar surface area (TPSA) is 17.1 Å². The predicted molar refractivity (Wildman–Crippen MR) is 60.5 cm³/mol. The molecule has 0 bridgehead atoms. The third-order valence-electron chi connectivity index (χ3n) is 2.89. The fourth-order valence-corrected chi connectivity index (χ4v) is 2.11. The van der Waals surface area contributed by atoms with Gasteiger partial charge in [0.1, 0.15) is 0 Å². The van der Waals surface area contributed by atoms with E-state index in [9.17, 15) is 4.79 Å². The van der Waals surface area contributed by atoms with Gasteiger partial charge in [-0.25, -0.2) is 0 Å². The lowest BCUT2D eigenvalue weighted by Gasteiger charge is -2.04. The number of benzene rings is 1. The molecule has 0 saturated heterocycles. The van der Waals surface area contributed by atoms with Crippen molar-refractivity contribution in [3.63, 3.8) is 0 Å². The fraction of sp³-hybridized carbons (Fsp3) is 0.0714. The highest BCUT2D eigenvalue weighted by atomic mass is 16.1. The summed E-state index contributed by atoms with van der Waals surface area (Å²) in [5.41, 5.74) is 2.77. The number of Topliss-reactive ketones (excluding diaryl/α,β-unsaturated/α-hetero) is 1. The molecule has 1 aromatic rings. The first-order chi connectivity index (χ1) is 7.36. The Hall–Kier alpha value is -1.89. The van der Waals surface area contributed by atoms with Crippen molar-refractivity contribution >= 4 is 11.9 Å². The number of ketones is 1. The largest absolute Gasteiger partial charge is 0.289 e. The molecular weight excluding hydrogens is 184 g/mol. The van der Waals surface area contributed by atoms with E-state index in [1.165, 1.54) is 0 Å². The molecule has 0 aromatic heterocycles. The number of fused-ring (bicyclic) bond motifs is 1. The number of carbonyl (C=O) groups is 1. The maximum atomic E-state index is 12.0. The van der Waals surface area contributed by atoms with Crippen molar-refractivity contribution in [3.05, 3.63) is 65.3 Å². The van der Waals surface area contributed by atoms with E-state index in [2.05, 4.69) is 12.2 Å². The van der Waals surface area contributed by atoms with Crippen molar-refractivity contribution in [2.75, 3.05) is 0 Å². The van der Waals surface area contributed by atoms with Crippen molar-refractivity contribution in [1.82, 2.24) is 0 Å². The Morgan fingerprint density at radius 1 is 1.00 bits per heavy atom. The summed E-state index contributed by atoms with van der Waals surface area (Å²) in [4.78, 5) is 12.0. The molecule has 72 valence electrons. The Labute approximate surface area is 88.4 Å². The predicted octanol–water partition coefficient (Wildman–Crippen LogP) is 3.01. The van der Waals surface area contributed by atoms with Gasteiger partial charge in [-0.1, -0.05) is 48.6 Å². The number of carbonyl (C=O) groups excluding carboxylic acids is 1. The maximum absolute atomic E-state index is 12.0. The van der Waals surface area contributed by atoms with Gasteiger partial charge >= 0.3 is 0 Å². The van der Waals surface area contributed by atoms with Crippen LogP contribution in [0.1, 0.15) is 15.9 Å². The van der Waals surface area contributed by atoms with Crippen LogP contribution in [0.5, 0.6) is 0 Å². The van der Waals surface area contributed by atoms with Crippen molar-refractivity contribution in [1.29, 1.82) is 0 Å². The first-order valence-electron chi connectivity index (χ1n) is 5.06. The molecule has 0 unspecified atom stereocenters. The van der Waals surface area contributed by atoms with Gasteiger partial charge in [-0.05, 0) is 11.6 Å². The number of rotatable bonds is 1. The molecule has 0 heterocycles. The summed E-state index contributed by atoms with van der Waals surface area (Å²) in [6, 6.07) is 7.76. The summed E-state index contributed by atoms with van der Waals surface area (Å²) in [6.07, 6.45) is 10.1. The summed E-state index contributed by atoms with van der Waals surface area (Å²) < 4.78 is 0. The molecule has 1 nitrogen and oxygen atoms in total. The van der Waals surface area contributed by atoms with Gasteiger partial charge in [-0.15, -0.1) is 0 Å². The second-order valence-corrected chi connectivity index (χ2v) is 3.81. The zero-order chi connectivity index (χ0) is 10.3. The highest BCUT2D eigenvalue weighted by Gasteiger charge is 2.26. The normalized spacial score (nSPS) is 18.4. The second-order valence-electron chi connectivity index (χ2n) is 3.81. The van der Waals surface area contributed by atoms with Crippen LogP contribution < -0.4 is 0 Å². The SMILES string of the molecule is O=C1C(C2C=CC=C2)=Cc2ccccc21. The van der Waals surface area contributed by atoms with Gasteiger partial charge in [-0.2, -0.15) is 0 Å². The van der Waals surface area contributed by atoms with Crippen LogP contribution in [-0.2, 0) is 0 Å². The lowest BCUT2D eigenvalue weighted by molar-refractivity contribution is 0.103. The second kappa shape index (κ2) is 3.06. The average Bonchev–Trinajstić information content (AvgIpc) is 2.87. The summed E-state index contributed by atoms with van der Waals surface area (Å²) in [5.74, 6) is 0.344. The van der Waals surface area contributed by atoms with Crippen LogP contribution in [0.25, 0.3) is 6.08 Å². The molecule has 2 aliphatic carbocycles. The molecular formula is C14H10O. The standard InChI is InChI=1S/C14H10O/c15-14-12-8-4-3-7-11(12)9-13(14)10-5-1-2-6-10/h1-10H. The average molecular weight is 194 g/mol. The van der Waals surface area contributed by atoms with Gasteiger partial charge < -0.3 is 0 Å². The molecule has 3 rings (SSSR count). The zero-order valence-corrected chi connectivity index (χ0v) is 8.18. The quantitative estimate of drug-likeness (QED) is 0.671. The van der Waals surface area contributed by atoms with Gasteiger partial charge in [0.15, 0.2) is 5.78 Å². The minimum absolute atomic E-state index is 0.171. The highest BCUT2D eigenvalue weighted by Crippen LogP contribution is 2.31. The van der Waals surface area contributed by atoms with E-state index in [1.54, 1.807) is 0 Å². The lowest BCUT2D eigenvalue weighted by atomic mass is 9.98. The molecule has 2 aliphatic rings. The van der Waals surface area contributed by atoms with Gasteiger partial charge in [0.2, 0.25) is 0 Å². The molecule has 1 heteroatoms. The summed E-state index contributed by atoms with van der Waals surface area (Å²) in [5, 5.41) is 0. The van der Waals surface area contributed by atoms with Crippen LogP contribution in [0.2, 0.25) is 0 Å². The first-order valence-corrected chi connectivity index (χ1v) is 5.06. The van der Waals surface area contributed by atoms with Gasteiger partial charge in [-0.3, -0.25) is 4.79 Å². The molecule has 0 amide bonds. The molecule has 15 heavy (non-hydrogen) atoms. The summed E-state index contributed by atoms with van der Waals surface area (Å²) in [6.45, 7) is 0. The molecule has 0 aliphatic heterocycles. The van der Waals surface area contributed by atoms with E-state index in [0.29, 0.717) is 0 Å². The van der Waals surface area contributed by atoms with Crippen LogP contribution in [0, 0.1) is 5.92 Å². The summed E-state index contributed by atoms with van der Waals surface area (Å²) in [7, 11) is 0. The van der Waals surface area contributed by atoms with E-state index >= 15 is 0 Å². The Balaban J connectivity index is 2.06. The third-order valence-corrected chi connectivity index (χ3v) is 2.89. The Morgan fingerprint density at radius 2 is 1.73 bits per heavy atom. The van der Waals surface area contributed by atoms with E-state index in [4.69, 9.17) is 0 Å². The minimum atomic E-state index is 0.171. The van der Waals surface area contributed by atoms with Crippen LogP contribution in [0.4, 0.5) is 0 Å². The van der Waals surface area contributed by atoms with Crippen LogP contribution in [-0.4, -0.2) is 5.78 Å². The van der Waals surface area contributed by atoms with E-state index < -0.39 is 0 Å². The smallest absolute Gasteiger partial charge is 0.190 e. The molecule has 0 radical (unpaired) electrons. The highest BCUT2D eigenvalue weighted by molar-refractivity contribution is 6.18. The zero-order valence-electron chi connectivity index (χ0n) is 8.18. The van der Waals surface area contributed by atoms with Gasteiger partial charge in [0, 0.05) is 17.1 Å². The van der Waals surface area contributed by atoms with E-state index in [1.807, 2.05) is 42.5 Å². The number of allylic oxidation sites excluding steroid dienone is 5. The van der Waals surface area contributed by atoms with Gasteiger partial charge in [0.05, 0.1) is 0 Å². The van der Waals surface area contributed by atoms with Crippen LogP contribution in [0.3, 0.4) is 0 Å². The monoisotopic (exact) mass is 194 g/mol.